The average molecular weight is 725 g/mol. The molecule has 0 fully saturated rings. The van der Waals surface area contributed by atoms with Gasteiger partial charge in [0.15, 0.2) is 5.69 Å². The predicted octanol–water partition coefficient (Wildman–Crippen LogP) is 6.33. The zero-order valence-electron chi connectivity index (χ0n) is 30.8. The average Bonchev–Trinajstić information content (AvgIpc) is 3.52. The molecule has 0 spiro atoms. The first kappa shape index (κ1) is 36.0. The van der Waals surface area contributed by atoms with Gasteiger partial charge in [0.2, 0.25) is 0 Å². The van der Waals surface area contributed by atoms with Crippen LogP contribution in [-0.4, -0.2) is 79.0 Å². The van der Waals surface area contributed by atoms with E-state index in [9.17, 15) is 19.7 Å². The molecule has 2 N–H and O–H groups in total. The smallest absolute Gasteiger partial charge is 0.323 e. The van der Waals surface area contributed by atoms with Crippen LogP contribution in [0.2, 0.25) is 0 Å². The van der Waals surface area contributed by atoms with Crippen LogP contribution in [0.4, 0.5) is 5.82 Å². The van der Waals surface area contributed by atoms with Crippen LogP contribution in [0, 0.1) is 24.0 Å². The summed E-state index contributed by atoms with van der Waals surface area (Å²) in [4.78, 5) is 57.3. The Balaban J connectivity index is 1.02. The van der Waals surface area contributed by atoms with E-state index in [4.69, 9.17) is 19.9 Å². The van der Waals surface area contributed by atoms with Gasteiger partial charge in [-0.3, -0.25) is 9.59 Å². The molecule has 0 atom stereocenters. The molecule has 0 saturated heterocycles. The van der Waals surface area contributed by atoms with E-state index in [2.05, 4.69) is 17.7 Å². The number of benzene rings is 4. The molecule has 3 aromatic heterocycles. The van der Waals surface area contributed by atoms with Crippen LogP contribution in [0.1, 0.15) is 50.4 Å². The first-order valence-corrected chi connectivity index (χ1v) is 18.0. The number of aromatic nitrogens is 5. The second-order valence-corrected chi connectivity index (χ2v) is 14.1. The Morgan fingerprint density at radius 3 is 1.56 bits per heavy atom. The lowest BCUT2D eigenvalue weighted by molar-refractivity contribution is -0.923. The van der Waals surface area contributed by atoms with E-state index in [1.807, 2.05) is 74.5 Å². The van der Waals surface area contributed by atoms with Gasteiger partial charge in [0.25, 0.3) is 11.8 Å². The Labute approximate surface area is 311 Å². The summed E-state index contributed by atoms with van der Waals surface area (Å²) in [7, 11) is 3.80. The number of amides is 2. The monoisotopic (exact) mass is 724 g/mol. The number of nitrogens with zero attached hydrogens (tertiary/aromatic N) is 7. The van der Waals surface area contributed by atoms with E-state index in [0.717, 1.165) is 38.9 Å². The molecule has 0 bridgehead atoms. The number of hydrogen-bond donors (Lipinski definition) is 2. The molecule has 7 rings (SSSR count). The summed E-state index contributed by atoms with van der Waals surface area (Å²) in [5.74, 6) is -0.420. The maximum absolute atomic E-state index is 13.5. The minimum absolute atomic E-state index is 0.0263. The van der Waals surface area contributed by atoms with Gasteiger partial charge < -0.3 is 25.2 Å². The molecule has 3 heterocycles. The lowest BCUT2D eigenvalue weighted by atomic mass is 10.1. The van der Waals surface area contributed by atoms with Crippen molar-refractivity contribution in [3.05, 3.63) is 123 Å². The zero-order chi connectivity index (χ0) is 38.0. The van der Waals surface area contributed by atoms with Crippen LogP contribution in [0.5, 0.6) is 0 Å². The lowest BCUT2D eigenvalue weighted by Gasteiger charge is -2.34. The van der Waals surface area contributed by atoms with Gasteiger partial charge in [0.1, 0.15) is 17.6 Å². The lowest BCUT2D eigenvalue weighted by Crippen LogP contribution is -2.47. The fraction of sp³-hybridized carbons (Fsp3) is 0.268. The van der Waals surface area contributed by atoms with E-state index >= 15 is 0 Å². The Hall–Kier alpha value is -6.34. The van der Waals surface area contributed by atoms with Crippen LogP contribution in [-0.2, 0) is 13.6 Å². The van der Waals surface area contributed by atoms with E-state index in [0.29, 0.717) is 83.2 Å². The molecule has 274 valence electrons. The van der Waals surface area contributed by atoms with Crippen LogP contribution < -0.4 is 10.6 Å². The van der Waals surface area contributed by atoms with Crippen molar-refractivity contribution < 1.29 is 19.0 Å². The van der Waals surface area contributed by atoms with Crippen molar-refractivity contribution in [2.45, 2.75) is 33.2 Å². The molecule has 0 aliphatic carbocycles. The van der Waals surface area contributed by atoms with E-state index < -0.39 is 0 Å². The van der Waals surface area contributed by atoms with Gasteiger partial charge in [0, 0.05) is 32.0 Å². The number of hydrogen-bond acceptors (Lipinski definition) is 8. The maximum atomic E-state index is 13.5. The molecule has 54 heavy (non-hydrogen) atoms. The zero-order valence-corrected chi connectivity index (χ0v) is 30.8. The molecule has 0 unspecified atom stereocenters. The van der Waals surface area contributed by atoms with Gasteiger partial charge in [0.05, 0.1) is 71.4 Å². The minimum atomic E-state index is -0.386. The molecule has 0 radical (unpaired) electrons. The summed E-state index contributed by atoms with van der Waals surface area (Å²) in [6, 6.07) is 25.9. The normalized spacial score (nSPS) is 11.8. The Kier molecular flexibility index (Phi) is 9.98. The van der Waals surface area contributed by atoms with Gasteiger partial charge in [-0.15, -0.1) is 0 Å². The first-order chi connectivity index (χ1) is 26.0. The molecule has 4 aromatic carbocycles. The Morgan fingerprint density at radius 1 is 0.667 bits per heavy atom. The number of nitro groups is 1. The summed E-state index contributed by atoms with van der Waals surface area (Å²) in [5.41, 5.74) is 9.28. The van der Waals surface area contributed by atoms with Crippen molar-refractivity contribution >= 4 is 61.8 Å². The standard InChI is InChI=1S/C41H41N9O4/c1-26-11-5-15-31-36(26)46-38-29(13-7-17-33(38)44-31)40(51)42-21-9-23-50(4,25-28-19-20-35(48(28)3)49(53)54)24-10-22-43-41(52)30-14-8-18-34-39(30)47-37-27(2)12-6-16-32(37)45-34/h5-8,11-20H,9-10,21-25H2,1-4H3,(H-,42,43,51,52)/p+1. The summed E-state index contributed by atoms with van der Waals surface area (Å²) < 4.78 is 2.15. The maximum Gasteiger partial charge on any atom is 0.323 e. The van der Waals surface area contributed by atoms with Crippen LogP contribution in [0.15, 0.2) is 84.9 Å². The summed E-state index contributed by atoms with van der Waals surface area (Å²) >= 11 is 0. The predicted molar refractivity (Wildman–Crippen MR) is 209 cm³/mol. The van der Waals surface area contributed by atoms with Crippen LogP contribution >= 0.6 is 0 Å². The number of aryl methyl sites for hydroxylation is 2. The number of nitrogens with one attached hydrogen (secondary N) is 2. The second kappa shape index (κ2) is 15.0. The van der Waals surface area contributed by atoms with E-state index in [1.165, 1.54) is 6.07 Å². The van der Waals surface area contributed by atoms with Crippen molar-refractivity contribution in [2.75, 3.05) is 33.2 Å². The molecule has 13 heteroatoms. The number of para-hydroxylation sites is 4. The van der Waals surface area contributed by atoms with Gasteiger partial charge in [-0.2, -0.15) is 0 Å². The molecular weight excluding hydrogens is 683 g/mol. The molecule has 0 aliphatic rings. The number of quaternary nitrogens is 1. The fourth-order valence-corrected chi connectivity index (χ4v) is 7.15. The SMILES string of the molecule is Cc1cccc2nc3cccc(C(=O)NCCC[N+](C)(CCCNC(=O)c4cccc5nc6cccc(C)c6nc45)Cc4ccc([N+](=O)[O-])n4C)c3nc12. The molecule has 0 saturated carbocycles. The molecule has 2 amide bonds. The second-order valence-electron chi connectivity index (χ2n) is 14.1. The molecule has 13 nitrogen and oxygen atoms in total. The van der Waals surface area contributed by atoms with Crippen molar-refractivity contribution in [1.82, 2.24) is 35.1 Å². The highest BCUT2D eigenvalue weighted by atomic mass is 16.6. The topological polar surface area (TPSA) is 158 Å². The number of carbonyl (C=O) groups excluding carboxylic acids is 2. The summed E-state index contributed by atoms with van der Waals surface area (Å²) in [6.45, 7) is 6.68. The largest absolute Gasteiger partial charge is 0.358 e. The van der Waals surface area contributed by atoms with E-state index in [1.54, 1.807) is 29.8 Å². The third kappa shape index (κ3) is 7.30. The number of fused-ring (bicyclic) bond motifs is 4. The summed E-state index contributed by atoms with van der Waals surface area (Å²) in [5, 5.41) is 17.7. The van der Waals surface area contributed by atoms with E-state index in [-0.39, 0.29) is 22.6 Å². The first-order valence-electron chi connectivity index (χ1n) is 18.0. The quantitative estimate of drug-likeness (QED) is 0.0459. The number of carbonyl (C=O) groups is 2. The van der Waals surface area contributed by atoms with Gasteiger partial charge in [-0.1, -0.05) is 36.4 Å². The highest BCUT2D eigenvalue weighted by Gasteiger charge is 2.27. The minimum Gasteiger partial charge on any atom is -0.358 e. The highest BCUT2D eigenvalue weighted by molar-refractivity contribution is 6.07. The number of rotatable bonds is 13. The highest BCUT2D eigenvalue weighted by Crippen LogP contribution is 2.24. The third-order valence-electron chi connectivity index (χ3n) is 10.1. The van der Waals surface area contributed by atoms with Crippen molar-refractivity contribution in [1.29, 1.82) is 0 Å². The Bertz CT molecular complexity index is 2440. The van der Waals surface area contributed by atoms with Gasteiger partial charge in [-0.05, 0) is 72.4 Å². The fourth-order valence-electron chi connectivity index (χ4n) is 7.15. The summed E-state index contributed by atoms with van der Waals surface area (Å²) in [6.07, 6.45) is 1.31. The van der Waals surface area contributed by atoms with Crippen molar-refractivity contribution in [2.24, 2.45) is 7.05 Å². The van der Waals surface area contributed by atoms with Crippen LogP contribution in [0.25, 0.3) is 44.1 Å². The molecule has 0 aliphatic heterocycles. The van der Waals surface area contributed by atoms with Crippen molar-refractivity contribution in [3.63, 3.8) is 0 Å². The molecular formula is C41H42N9O4+. The Morgan fingerprint density at radius 2 is 1.11 bits per heavy atom. The van der Waals surface area contributed by atoms with Crippen molar-refractivity contribution in [3.8, 4) is 0 Å². The van der Waals surface area contributed by atoms with Gasteiger partial charge >= 0.3 is 5.82 Å². The van der Waals surface area contributed by atoms with Gasteiger partial charge in [-0.25, -0.2) is 24.5 Å². The van der Waals surface area contributed by atoms with Crippen LogP contribution in [0.3, 0.4) is 0 Å². The molecule has 7 aromatic rings. The third-order valence-corrected chi connectivity index (χ3v) is 10.1.